The first-order valence-electron chi connectivity index (χ1n) is 11.6. The minimum Gasteiger partial charge on any atom is -0.455 e. The Morgan fingerprint density at radius 2 is 1.24 bits per heavy atom. The van der Waals surface area contributed by atoms with Crippen LogP contribution < -0.4 is 0 Å². The molecule has 0 bridgehead atoms. The van der Waals surface area contributed by atoms with Crippen LogP contribution in [0, 0.1) is 0 Å². The first-order valence-corrected chi connectivity index (χ1v) is 11.6. The van der Waals surface area contributed by atoms with Crippen LogP contribution in [0.3, 0.4) is 0 Å². The van der Waals surface area contributed by atoms with Gasteiger partial charge in [-0.2, -0.15) is 0 Å². The second-order valence-electron chi connectivity index (χ2n) is 9.04. The summed E-state index contributed by atoms with van der Waals surface area (Å²) < 4.78 is 11.2. The van der Waals surface area contributed by atoms with Gasteiger partial charge in [-0.05, 0) is 48.5 Å². The molecule has 8 rings (SSSR count). The van der Waals surface area contributed by atoms with Crippen molar-refractivity contribution in [2.75, 3.05) is 0 Å². The SMILES string of the molecule is Cn1c2ccccc2c2c1ccc1c3c4oc5ccccc5c4ccc3n(-c3ccccc3)c12. The molecule has 0 atom stereocenters. The highest BCUT2D eigenvalue weighted by atomic mass is 16.3. The fraction of sp³-hybridized carbons (Fsp3) is 0.0323. The van der Waals surface area contributed by atoms with Gasteiger partial charge in [0.1, 0.15) is 11.2 Å². The Balaban J connectivity index is 1.71. The Morgan fingerprint density at radius 1 is 0.529 bits per heavy atom. The van der Waals surface area contributed by atoms with Gasteiger partial charge < -0.3 is 13.6 Å². The molecule has 0 saturated carbocycles. The van der Waals surface area contributed by atoms with Gasteiger partial charge >= 0.3 is 0 Å². The van der Waals surface area contributed by atoms with Crippen LogP contribution in [0.5, 0.6) is 0 Å². The number of hydrogen-bond donors (Lipinski definition) is 0. The average molecular weight is 437 g/mol. The van der Waals surface area contributed by atoms with Gasteiger partial charge in [0.05, 0.1) is 21.9 Å². The number of nitrogens with zero attached hydrogens (tertiary/aromatic N) is 2. The van der Waals surface area contributed by atoms with Gasteiger partial charge in [-0.15, -0.1) is 0 Å². The van der Waals surface area contributed by atoms with Gasteiger partial charge in [0, 0.05) is 45.2 Å². The summed E-state index contributed by atoms with van der Waals surface area (Å²) in [5.74, 6) is 0. The topological polar surface area (TPSA) is 23.0 Å². The Bertz CT molecular complexity index is 2070. The molecule has 0 amide bonds. The van der Waals surface area contributed by atoms with Crippen molar-refractivity contribution in [3.8, 4) is 5.69 Å². The van der Waals surface area contributed by atoms with E-state index in [2.05, 4.69) is 113 Å². The summed E-state index contributed by atoms with van der Waals surface area (Å²) >= 11 is 0. The fourth-order valence-corrected chi connectivity index (χ4v) is 5.86. The summed E-state index contributed by atoms with van der Waals surface area (Å²) in [6.07, 6.45) is 0. The molecule has 0 aliphatic carbocycles. The summed E-state index contributed by atoms with van der Waals surface area (Å²) in [6, 6.07) is 36.7. The van der Waals surface area contributed by atoms with Crippen LogP contribution in [0.4, 0.5) is 0 Å². The van der Waals surface area contributed by atoms with Gasteiger partial charge in [-0.25, -0.2) is 0 Å². The van der Waals surface area contributed by atoms with E-state index in [1.165, 1.54) is 38.1 Å². The quantitative estimate of drug-likeness (QED) is 0.254. The number of aromatic nitrogens is 2. The van der Waals surface area contributed by atoms with Crippen LogP contribution in [-0.4, -0.2) is 9.13 Å². The standard InChI is InChI=1S/C31H20N2O/c1-32-24-13-7-5-12-22(24)28-25(32)17-16-23-29-26(33(30(23)28)19-9-3-2-4-10-19)18-15-21-20-11-6-8-14-27(20)34-31(21)29/h2-18H,1H3. The number of benzene rings is 5. The minimum absolute atomic E-state index is 0.928. The van der Waals surface area contributed by atoms with Crippen molar-refractivity contribution in [1.29, 1.82) is 0 Å². The molecule has 3 heterocycles. The summed E-state index contributed by atoms with van der Waals surface area (Å²) in [4.78, 5) is 0. The van der Waals surface area contributed by atoms with Crippen LogP contribution in [0.1, 0.15) is 0 Å². The second kappa shape index (κ2) is 6.30. The van der Waals surface area contributed by atoms with Crippen molar-refractivity contribution in [2.45, 2.75) is 0 Å². The highest BCUT2D eigenvalue weighted by Crippen LogP contribution is 2.44. The third-order valence-electron chi connectivity index (χ3n) is 7.33. The monoisotopic (exact) mass is 436 g/mol. The molecule has 3 heteroatoms. The fourth-order valence-electron chi connectivity index (χ4n) is 5.86. The molecule has 0 aliphatic rings. The molecule has 0 saturated heterocycles. The highest BCUT2D eigenvalue weighted by Gasteiger charge is 2.22. The predicted octanol–water partition coefficient (Wildman–Crippen LogP) is 8.33. The number of fused-ring (bicyclic) bond motifs is 11. The number of rotatable bonds is 1. The molecule has 0 unspecified atom stereocenters. The molecular formula is C31H20N2O. The lowest BCUT2D eigenvalue weighted by Gasteiger charge is -2.09. The molecule has 5 aromatic carbocycles. The number of hydrogen-bond acceptors (Lipinski definition) is 1. The summed E-state index contributed by atoms with van der Waals surface area (Å²) in [5, 5.41) is 7.25. The smallest absolute Gasteiger partial charge is 0.145 e. The van der Waals surface area contributed by atoms with Crippen molar-refractivity contribution in [3.63, 3.8) is 0 Å². The molecule has 0 radical (unpaired) electrons. The van der Waals surface area contributed by atoms with E-state index in [-0.39, 0.29) is 0 Å². The maximum absolute atomic E-state index is 6.51. The highest BCUT2D eigenvalue weighted by molar-refractivity contribution is 6.30. The van der Waals surface area contributed by atoms with E-state index < -0.39 is 0 Å². The van der Waals surface area contributed by atoms with E-state index in [0.717, 1.165) is 33.1 Å². The molecule has 0 fully saturated rings. The Morgan fingerprint density at radius 3 is 2.12 bits per heavy atom. The van der Waals surface area contributed by atoms with E-state index in [1.807, 2.05) is 6.07 Å². The van der Waals surface area contributed by atoms with Crippen molar-refractivity contribution < 1.29 is 4.42 Å². The molecule has 34 heavy (non-hydrogen) atoms. The van der Waals surface area contributed by atoms with Crippen molar-refractivity contribution >= 4 is 65.6 Å². The van der Waals surface area contributed by atoms with Gasteiger partial charge in [-0.1, -0.05) is 54.6 Å². The summed E-state index contributed by atoms with van der Waals surface area (Å²) in [5.41, 5.74) is 7.89. The summed E-state index contributed by atoms with van der Waals surface area (Å²) in [6.45, 7) is 0. The lowest BCUT2D eigenvalue weighted by Crippen LogP contribution is -1.94. The van der Waals surface area contributed by atoms with Crippen LogP contribution in [0.2, 0.25) is 0 Å². The van der Waals surface area contributed by atoms with Crippen molar-refractivity contribution in [2.24, 2.45) is 7.05 Å². The molecule has 0 N–H and O–H groups in total. The van der Waals surface area contributed by atoms with E-state index >= 15 is 0 Å². The van der Waals surface area contributed by atoms with Crippen molar-refractivity contribution in [3.05, 3.63) is 103 Å². The van der Waals surface area contributed by atoms with E-state index in [9.17, 15) is 0 Å². The lowest BCUT2D eigenvalue weighted by atomic mass is 10.1. The number of furan rings is 1. The third-order valence-corrected chi connectivity index (χ3v) is 7.33. The van der Waals surface area contributed by atoms with Crippen molar-refractivity contribution in [1.82, 2.24) is 9.13 Å². The number of aryl methyl sites for hydroxylation is 1. The maximum atomic E-state index is 6.51. The van der Waals surface area contributed by atoms with Gasteiger partial charge in [-0.3, -0.25) is 0 Å². The van der Waals surface area contributed by atoms with Gasteiger partial charge in [0.25, 0.3) is 0 Å². The van der Waals surface area contributed by atoms with Crippen LogP contribution in [0.15, 0.2) is 108 Å². The largest absolute Gasteiger partial charge is 0.455 e. The van der Waals surface area contributed by atoms with Crippen LogP contribution in [-0.2, 0) is 7.05 Å². The zero-order valence-electron chi connectivity index (χ0n) is 18.6. The van der Waals surface area contributed by atoms with Gasteiger partial charge in [0.15, 0.2) is 0 Å². The summed E-state index contributed by atoms with van der Waals surface area (Å²) in [7, 11) is 2.16. The Hall–Kier alpha value is -4.50. The number of para-hydroxylation sites is 3. The molecule has 3 nitrogen and oxygen atoms in total. The van der Waals surface area contributed by atoms with E-state index in [4.69, 9.17) is 4.42 Å². The molecule has 0 aliphatic heterocycles. The minimum atomic E-state index is 0.928. The van der Waals surface area contributed by atoms with Crippen LogP contribution >= 0.6 is 0 Å². The predicted molar refractivity (Wildman–Crippen MR) is 142 cm³/mol. The average Bonchev–Trinajstić information content (AvgIpc) is 3.52. The zero-order valence-corrected chi connectivity index (χ0v) is 18.6. The molecular weight excluding hydrogens is 416 g/mol. The maximum Gasteiger partial charge on any atom is 0.145 e. The lowest BCUT2D eigenvalue weighted by molar-refractivity contribution is 0.673. The van der Waals surface area contributed by atoms with Gasteiger partial charge in [0.2, 0.25) is 0 Å². The molecule has 3 aromatic heterocycles. The third kappa shape index (κ3) is 2.12. The molecule has 0 spiro atoms. The molecule has 8 aromatic rings. The van der Waals surface area contributed by atoms with Crippen LogP contribution in [0.25, 0.3) is 71.2 Å². The Labute approximate surface area is 195 Å². The van der Waals surface area contributed by atoms with E-state index in [0.29, 0.717) is 0 Å². The molecule has 160 valence electrons. The van der Waals surface area contributed by atoms with E-state index in [1.54, 1.807) is 0 Å². The first-order chi connectivity index (χ1) is 16.8. The zero-order chi connectivity index (χ0) is 22.4. The first kappa shape index (κ1) is 18.0. The Kier molecular flexibility index (Phi) is 3.33. The second-order valence-corrected chi connectivity index (χ2v) is 9.04. The normalized spacial score (nSPS) is 12.3.